The first kappa shape index (κ1) is 18.5. The quantitative estimate of drug-likeness (QED) is 0.635. The summed E-state index contributed by atoms with van der Waals surface area (Å²) in [7, 11) is 0. The summed E-state index contributed by atoms with van der Waals surface area (Å²) >= 11 is 1.77. The zero-order valence-corrected chi connectivity index (χ0v) is 17.4. The van der Waals surface area contributed by atoms with Gasteiger partial charge in [0.25, 0.3) is 0 Å². The zero-order valence-electron chi connectivity index (χ0n) is 16.5. The van der Waals surface area contributed by atoms with Crippen LogP contribution in [0, 0.1) is 11.3 Å². The molecule has 0 bridgehead atoms. The molecule has 0 radical (unpaired) electrons. The molecule has 6 heteroatoms. The molecule has 0 amide bonds. The van der Waals surface area contributed by atoms with Gasteiger partial charge in [-0.15, -0.1) is 0 Å². The van der Waals surface area contributed by atoms with E-state index in [0.29, 0.717) is 5.56 Å². The molecule has 5 nitrogen and oxygen atoms in total. The number of likely N-dealkylation sites (tertiary alicyclic amines) is 1. The second-order valence-electron chi connectivity index (χ2n) is 8.04. The van der Waals surface area contributed by atoms with Gasteiger partial charge in [-0.1, -0.05) is 29.9 Å². The van der Waals surface area contributed by atoms with E-state index in [1.165, 1.54) is 49.9 Å². The van der Waals surface area contributed by atoms with Crippen molar-refractivity contribution >= 4 is 26.7 Å². The molecule has 29 heavy (non-hydrogen) atoms. The molecule has 2 saturated heterocycles. The molecule has 4 heterocycles. The number of fused-ring (bicyclic) bond motifs is 1. The van der Waals surface area contributed by atoms with E-state index in [1.54, 1.807) is 11.3 Å². The van der Waals surface area contributed by atoms with Gasteiger partial charge in [-0.25, -0.2) is 4.98 Å². The van der Waals surface area contributed by atoms with E-state index in [4.69, 9.17) is 10.2 Å². The van der Waals surface area contributed by atoms with E-state index < -0.39 is 0 Å². The fraction of sp³-hybridized carbons (Fsp3) is 0.435. The third-order valence-electron chi connectivity index (χ3n) is 6.22. The van der Waals surface area contributed by atoms with Gasteiger partial charge in [0.1, 0.15) is 5.52 Å². The maximum Gasteiger partial charge on any atom is 0.186 e. The van der Waals surface area contributed by atoms with E-state index >= 15 is 0 Å². The number of nitrogens with zero attached hydrogens (tertiary/aromatic N) is 5. The summed E-state index contributed by atoms with van der Waals surface area (Å²) in [6.45, 7) is 4.76. The summed E-state index contributed by atoms with van der Waals surface area (Å²) in [5.74, 6) is 0. The van der Waals surface area contributed by atoms with Crippen molar-refractivity contribution in [3.05, 3.63) is 42.1 Å². The lowest BCUT2D eigenvalue weighted by molar-refractivity contribution is 0.141. The number of pyridine rings is 1. The highest BCUT2D eigenvalue weighted by Gasteiger charge is 2.26. The Morgan fingerprint density at radius 2 is 1.76 bits per heavy atom. The van der Waals surface area contributed by atoms with Gasteiger partial charge in [0.2, 0.25) is 0 Å². The first-order valence-electron chi connectivity index (χ1n) is 10.6. The molecule has 1 aromatic carbocycles. The SMILES string of the molecule is N#Cc1ccc(-c2cc3sc(N4CCC(N5CCCCC5)CC4)nc3cn2)cc1. The van der Waals surface area contributed by atoms with Crippen molar-refractivity contribution < 1.29 is 0 Å². The number of anilines is 1. The number of thiazole rings is 1. The van der Waals surface area contributed by atoms with Crippen LogP contribution in [-0.4, -0.2) is 47.1 Å². The molecule has 0 N–H and O–H groups in total. The first-order chi connectivity index (χ1) is 14.3. The summed E-state index contributed by atoms with van der Waals surface area (Å²) < 4.78 is 1.17. The lowest BCUT2D eigenvalue weighted by Crippen LogP contribution is -2.46. The van der Waals surface area contributed by atoms with E-state index in [1.807, 2.05) is 30.5 Å². The van der Waals surface area contributed by atoms with Crippen LogP contribution in [0.5, 0.6) is 0 Å². The lowest BCUT2D eigenvalue weighted by atomic mass is 10.0. The van der Waals surface area contributed by atoms with Crippen molar-refractivity contribution in [2.75, 3.05) is 31.1 Å². The average molecular weight is 404 g/mol. The molecular weight excluding hydrogens is 378 g/mol. The number of aromatic nitrogens is 2. The molecule has 0 atom stereocenters. The van der Waals surface area contributed by atoms with Crippen LogP contribution in [0.3, 0.4) is 0 Å². The third-order valence-corrected chi connectivity index (χ3v) is 7.29. The molecule has 2 aliphatic heterocycles. The van der Waals surface area contributed by atoms with E-state index in [-0.39, 0.29) is 0 Å². The molecular formula is C23H25N5S. The minimum Gasteiger partial charge on any atom is -0.348 e. The molecule has 148 valence electrons. The van der Waals surface area contributed by atoms with Crippen molar-refractivity contribution in [2.24, 2.45) is 0 Å². The predicted molar refractivity (Wildman–Crippen MR) is 118 cm³/mol. The summed E-state index contributed by atoms with van der Waals surface area (Å²) in [5.41, 5.74) is 3.60. The van der Waals surface area contributed by atoms with Crippen LogP contribution in [-0.2, 0) is 0 Å². The molecule has 2 aliphatic rings. The lowest BCUT2D eigenvalue weighted by Gasteiger charge is -2.40. The van der Waals surface area contributed by atoms with Gasteiger partial charge < -0.3 is 9.80 Å². The van der Waals surface area contributed by atoms with Crippen LogP contribution in [0.15, 0.2) is 36.5 Å². The van der Waals surface area contributed by atoms with Crippen LogP contribution in [0.1, 0.15) is 37.7 Å². The monoisotopic (exact) mass is 403 g/mol. The highest BCUT2D eigenvalue weighted by Crippen LogP contribution is 2.33. The fourth-order valence-corrected chi connectivity index (χ4v) is 5.56. The molecule has 2 fully saturated rings. The molecule has 5 rings (SSSR count). The summed E-state index contributed by atoms with van der Waals surface area (Å²) in [6.07, 6.45) is 8.50. The normalized spacial score (nSPS) is 18.8. The van der Waals surface area contributed by atoms with Gasteiger partial charge in [0, 0.05) is 24.7 Å². The van der Waals surface area contributed by atoms with E-state index in [9.17, 15) is 0 Å². The Balaban J connectivity index is 1.30. The second kappa shape index (κ2) is 8.10. The number of piperidine rings is 2. The fourth-order valence-electron chi connectivity index (χ4n) is 4.53. The maximum absolute atomic E-state index is 8.98. The van der Waals surface area contributed by atoms with Gasteiger partial charge >= 0.3 is 0 Å². The van der Waals surface area contributed by atoms with Gasteiger partial charge in [0.05, 0.1) is 28.2 Å². The Bertz CT molecular complexity index is 1020. The van der Waals surface area contributed by atoms with Crippen LogP contribution < -0.4 is 4.90 Å². The second-order valence-corrected chi connectivity index (χ2v) is 9.05. The summed E-state index contributed by atoms with van der Waals surface area (Å²) in [5, 5.41) is 10.1. The van der Waals surface area contributed by atoms with Crippen molar-refractivity contribution in [1.29, 1.82) is 5.26 Å². The van der Waals surface area contributed by atoms with Crippen LogP contribution in [0.2, 0.25) is 0 Å². The Hall–Kier alpha value is -2.49. The standard InChI is InChI=1S/C23H25N5S/c24-15-17-4-6-18(7-5-17)20-14-22-21(16-25-20)26-23(29-22)28-12-8-19(9-13-28)27-10-2-1-3-11-27/h4-7,14,16,19H,1-3,8-13H2. The molecule has 0 unspecified atom stereocenters. The zero-order chi connectivity index (χ0) is 19.6. The van der Waals surface area contributed by atoms with Gasteiger partial charge in [-0.3, -0.25) is 4.98 Å². The largest absolute Gasteiger partial charge is 0.348 e. The number of rotatable bonds is 3. The van der Waals surface area contributed by atoms with Crippen molar-refractivity contribution in [1.82, 2.24) is 14.9 Å². The Labute approximate surface area is 175 Å². The number of hydrogen-bond donors (Lipinski definition) is 0. The Morgan fingerprint density at radius 1 is 1.00 bits per heavy atom. The van der Waals surface area contributed by atoms with E-state index in [2.05, 4.69) is 26.9 Å². The molecule has 2 aromatic heterocycles. The minimum absolute atomic E-state index is 0.669. The molecule has 0 spiro atoms. The number of nitriles is 1. The van der Waals surface area contributed by atoms with Gasteiger partial charge in [0.15, 0.2) is 5.13 Å². The van der Waals surface area contributed by atoms with Crippen LogP contribution in [0.4, 0.5) is 5.13 Å². The predicted octanol–water partition coefficient (Wildman–Crippen LogP) is 4.68. The topological polar surface area (TPSA) is 56.1 Å². The highest BCUT2D eigenvalue weighted by molar-refractivity contribution is 7.22. The van der Waals surface area contributed by atoms with Crippen LogP contribution >= 0.6 is 11.3 Å². The summed E-state index contributed by atoms with van der Waals surface area (Å²) in [4.78, 5) is 14.6. The summed E-state index contributed by atoms with van der Waals surface area (Å²) in [6, 6.07) is 12.6. The molecule has 0 aliphatic carbocycles. The maximum atomic E-state index is 8.98. The smallest absolute Gasteiger partial charge is 0.186 e. The molecule has 0 saturated carbocycles. The minimum atomic E-state index is 0.669. The van der Waals surface area contributed by atoms with Crippen LogP contribution in [0.25, 0.3) is 21.5 Å². The number of hydrogen-bond acceptors (Lipinski definition) is 6. The number of benzene rings is 1. The Morgan fingerprint density at radius 3 is 2.48 bits per heavy atom. The third kappa shape index (κ3) is 3.85. The first-order valence-corrected chi connectivity index (χ1v) is 11.4. The van der Waals surface area contributed by atoms with Crippen molar-refractivity contribution in [3.8, 4) is 17.3 Å². The Kier molecular flexibility index (Phi) is 5.17. The molecule has 3 aromatic rings. The van der Waals surface area contributed by atoms with Crippen molar-refractivity contribution in [2.45, 2.75) is 38.1 Å². The average Bonchev–Trinajstić information content (AvgIpc) is 3.23. The van der Waals surface area contributed by atoms with Gasteiger partial charge in [-0.05, 0) is 57.0 Å². The van der Waals surface area contributed by atoms with Crippen molar-refractivity contribution in [3.63, 3.8) is 0 Å². The van der Waals surface area contributed by atoms with Gasteiger partial charge in [-0.2, -0.15) is 5.26 Å². The highest BCUT2D eigenvalue weighted by atomic mass is 32.1. The van der Waals surface area contributed by atoms with E-state index in [0.717, 1.165) is 41.0 Å².